The summed E-state index contributed by atoms with van der Waals surface area (Å²) in [4.78, 5) is 25.4. The van der Waals surface area contributed by atoms with Crippen molar-refractivity contribution in [3.8, 4) is 17.0 Å². The van der Waals surface area contributed by atoms with Crippen molar-refractivity contribution < 1.29 is 13.9 Å². The number of methoxy groups -OCH3 is 1. The number of rotatable bonds is 11. The van der Waals surface area contributed by atoms with Crippen LogP contribution in [0.4, 0.5) is 27.4 Å². The first-order valence-electron chi connectivity index (χ1n) is 13.3. The Morgan fingerprint density at radius 2 is 1.93 bits per heavy atom. The first-order valence-corrected chi connectivity index (χ1v) is 13.3. The third kappa shape index (κ3) is 6.46. The van der Waals surface area contributed by atoms with Gasteiger partial charge in [-0.2, -0.15) is 5.10 Å². The maximum absolute atomic E-state index is 15.1. The molecule has 2 N–H and O–H groups in total. The number of nitrogens with one attached hydrogen (secondary N) is 2. The van der Waals surface area contributed by atoms with E-state index in [-0.39, 0.29) is 17.8 Å². The minimum absolute atomic E-state index is 0.162. The highest BCUT2D eigenvalue weighted by atomic mass is 19.1. The molecule has 2 heterocycles. The monoisotopic (exact) mass is 560 g/mol. The van der Waals surface area contributed by atoms with Crippen LogP contribution in [0.1, 0.15) is 25.5 Å². The first-order chi connectivity index (χ1) is 19.5. The van der Waals surface area contributed by atoms with E-state index in [9.17, 15) is 4.79 Å². The number of fused-ring (bicyclic) bond motifs is 1. The zero-order valence-corrected chi connectivity index (χ0v) is 24.6. The number of aromatic nitrogens is 4. The lowest BCUT2D eigenvalue weighted by molar-refractivity contribution is -0.111. The van der Waals surface area contributed by atoms with Crippen LogP contribution in [0, 0.1) is 5.82 Å². The summed E-state index contributed by atoms with van der Waals surface area (Å²) in [7, 11) is 9.35. The SMILES string of the molecule is C=CC(=O)Nc1cc(Nc2nccc(-c3cc(F)c4nn(C)c(C(C)C)c4c3)n2)c(OC)cc1N(C)CCN(C)C. The number of halogens is 1. The standard InChI is InChI=1S/C30H37FN8O2/c1-9-27(40)33-23-16-24(26(41-8)17-25(23)38(6)13-12-37(4)5)35-30-32-11-10-22(34-30)19-14-20-28(21(31)15-19)36-39(7)29(20)18(2)3/h9-11,14-18H,1,12-13H2,2-8H3,(H,33,40)(H,32,34,35). The van der Waals surface area contributed by atoms with E-state index in [1.165, 1.54) is 12.1 Å². The fourth-order valence-electron chi connectivity index (χ4n) is 4.71. The van der Waals surface area contributed by atoms with Crippen molar-refractivity contribution in [2.45, 2.75) is 19.8 Å². The van der Waals surface area contributed by atoms with E-state index in [1.807, 2.05) is 45.2 Å². The molecule has 4 aromatic rings. The molecule has 10 nitrogen and oxygen atoms in total. The van der Waals surface area contributed by atoms with Crippen LogP contribution in [0.5, 0.6) is 5.75 Å². The van der Waals surface area contributed by atoms with Crippen LogP contribution >= 0.6 is 0 Å². The second-order valence-electron chi connectivity index (χ2n) is 10.4. The molecule has 41 heavy (non-hydrogen) atoms. The minimum atomic E-state index is -0.411. The van der Waals surface area contributed by atoms with Crippen LogP contribution in [0.2, 0.25) is 0 Å². The Morgan fingerprint density at radius 3 is 2.59 bits per heavy atom. The van der Waals surface area contributed by atoms with Gasteiger partial charge >= 0.3 is 0 Å². The summed E-state index contributed by atoms with van der Waals surface area (Å²) in [5.41, 5.74) is 4.33. The molecule has 11 heteroatoms. The molecule has 0 radical (unpaired) electrons. The van der Waals surface area contributed by atoms with Crippen molar-refractivity contribution in [1.82, 2.24) is 24.6 Å². The fraction of sp³-hybridized carbons (Fsp3) is 0.333. The third-order valence-corrected chi connectivity index (χ3v) is 6.74. The van der Waals surface area contributed by atoms with Crippen molar-refractivity contribution in [1.29, 1.82) is 0 Å². The van der Waals surface area contributed by atoms with E-state index < -0.39 is 5.82 Å². The zero-order valence-electron chi connectivity index (χ0n) is 24.6. The fourth-order valence-corrected chi connectivity index (χ4v) is 4.71. The van der Waals surface area contributed by atoms with Crippen LogP contribution in [-0.4, -0.2) is 71.9 Å². The van der Waals surface area contributed by atoms with E-state index in [2.05, 4.69) is 51.0 Å². The van der Waals surface area contributed by atoms with Gasteiger partial charge in [0.05, 0.1) is 29.9 Å². The normalized spacial score (nSPS) is 11.3. The van der Waals surface area contributed by atoms with Gasteiger partial charge in [-0.1, -0.05) is 20.4 Å². The van der Waals surface area contributed by atoms with Crippen LogP contribution in [0.25, 0.3) is 22.2 Å². The van der Waals surface area contributed by atoms with Gasteiger partial charge in [-0.05, 0) is 50.4 Å². The topological polar surface area (TPSA) is 100 Å². The quantitative estimate of drug-likeness (QED) is 0.243. The second kappa shape index (κ2) is 12.3. The lowest BCUT2D eigenvalue weighted by Crippen LogP contribution is -2.29. The molecule has 2 aromatic heterocycles. The number of benzene rings is 2. The van der Waals surface area contributed by atoms with Gasteiger partial charge in [0.2, 0.25) is 11.9 Å². The highest BCUT2D eigenvalue weighted by Crippen LogP contribution is 2.38. The summed E-state index contributed by atoms with van der Waals surface area (Å²) in [5, 5.41) is 11.2. The highest BCUT2D eigenvalue weighted by molar-refractivity contribution is 6.02. The van der Waals surface area contributed by atoms with E-state index in [4.69, 9.17) is 4.74 Å². The lowest BCUT2D eigenvalue weighted by Gasteiger charge is -2.26. The average molecular weight is 561 g/mol. The Hall–Kier alpha value is -4.51. The van der Waals surface area contributed by atoms with E-state index in [0.717, 1.165) is 29.9 Å². The number of likely N-dealkylation sites (N-methyl/N-ethyl adjacent to an activating group) is 2. The molecule has 0 aliphatic carbocycles. The van der Waals surface area contributed by atoms with Gasteiger partial charge in [-0.15, -0.1) is 0 Å². The molecule has 4 rings (SSSR count). The molecular weight excluding hydrogens is 523 g/mol. The summed E-state index contributed by atoms with van der Waals surface area (Å²) in [6.45, 7) is 9.22. The summed E-state index contributed by atoms with van der Waals surface area (Å²) < 4.78 is 22.5. The summed E-state index contributed by atoms with van der Waals surface area (Å²) >= 11 is 0. The number of anilines is 4. The number of nitrogens with zero attached hydrogens (tertiary/aromatic N) is 6. The van der Waals surface area contributed by atoms with Crippen LogP contribution in [-0.2, 0) is 11.8 Å². The number of carbonyl (C=O) groups excluding carboxylic acids is 1. The predicted octanol–water partition coefficient (Wildman–Crippen LogP) is 5.17. The van der Waals surface area contributed by atoms with E-state index in [0.29, 0.717) is 33.9 Å². The number of aryl methyl sites for hydroxylation is 1. The highest BCUT2D eigenvalue weighted by Gasteiger charge is 2.19. The third-order valence-electron chi connectivity index (χ3n) is 6.74. The molecule has 0 spiro atoms. The van der Waals surface area contributed by atoms with Crippen molar-refractivity contribution in [2.75, 3.05) is 56.9 Å². The van der Waals surface area contributed by atoms with Crippen LogP contribution < -0.4 is 20.3 Å². The van der Waals surface area contributed by atoms with Crippen molar-refractivity contribution in [3.63, 3.8) is 0 Å². The second-order valence-corrected chi connectivity index (χ2v) is 10.4. The Morgan fingerprint density at radius 1 is 1.17 bits per heavy atom. The molecule has 0 aliphatic rings. The number of amides is 1. The average Bonchev–Trinajstić information content (AvgIpc) is 3.28. The Bertz CT molecular complexity index is 1580. The largest absolute Gasteiger partial charge is 0.494 e. The lowest BCUT2D eigenvalue weighted by atomic mass is 10.0. The molecule has 0 saturated heterocycles. The van der Waals surface area contributed by atoms with Gasteiger partial charge in [0.1, 0.15) is 11.3 Å². The maximum Gasteiger partial charge on any atom is 0.247 e. The number of carbonyl (C=O) groups is 1. The molecule has 0 bridgehead atoms. The van der Waals surface area contributed by atoms with Crippen molar-refractivity contribution in [3.05, 3.63) is 60.7 Å². The molecule has 0 aliphatic heterocycles. The Balaban J connectivity index is 1.73. The summed E-state index contributed by atoms with van der Waals surface area (Å²) in [6, 6.07) is 8.70. The number of hydrogen-bond donors (Lipinski definition) is 2. The van der Waals surface area contributed by atoms with Crippen LogP contribution in [0.3, 0.4) is 0 Å². The maximum atomic E-state index is 15.1. The van der Waals surface area contributed by atoms with Gasteiger partial charge in [0, 0.05) is 56.1 Å². The van der Waals surface area contributed by atoms with Crippen molar-refractivity contribution >= 4 is 39.8 Å². The van der Waals surface area contributed by atoms with Gasteiger partial charge in [-0.3, -0.25) is 9.48 Å². The van der Waals surface area contributed by atoms with Crippen LogP contribution in [0.15, 0.2) is 49.2 Å². The van der Waals surface area contributed by atoms with Crippen molar-refractivity contribution in [2.24, 2.45) is 7.05 Å². The van der Waals surface area contributed by atoms with Gasteiger partial charge in [-0.25, -0.2) is 14.4 Å². The molecule has 0 fully saturated rings. The Kier molecular flexibility index (Phi) is 8.87. The molecule has 0 atom stereocenters. The molecular formula is C30H37FN8O2. The summed E-state index contributed by atoms with van der Waals surface area (Å²) in [6.07, 6.45) is 2.83. The predicted molar refractivity (Wildman–Crippen MR) is 163 cm³/mol. The molecule has 216 valence electrons. The van der Waals surface area contributed by atoms with Gasteiger partial charge < -0.3 is 25.2 Å². The number of ether oxygens (including phenoxy) is 1. The molecule has 1 amide bonds. The molecule has 0 saturated carbocycles. The first kappa shape index (κ1) is 29.5. The van der Waals surface area contributed by atoms with Gasteiger partial charge in [0.15, 0.2) is 5.82 Å². The zero-order chi connectivity index (χ0) is 29.8. The Labute approximate surface area is 239 Å². The van der Waals surface area contributed by atoms with Gasteiger partial charge in [0.25, 0.3) is 0 Å². The molecule has 0 unspecified atom stereocenters. The summed E-state index contributed by atoms with van der Waals surface area (Å²) in [5.74, 6) is 0.231. The van der Waals surface area contributed by atoms with E-state index >= 15 is 4.39 Å². The number of hydrogen-bond acceptors (Lipinski definition) is 8. The van der Waals surface area contributed by atoms with E-state index in [1.54, 1.807) is 30.1 Å². The molecule has 2 aromatic carbocycles. The minimum Gasteiger partial charge on any atom is -0.494 e. The smallest absolute Gasteiger partial charge is 0.247 e.